The lowest BCUT2D eigenvalue weighted by molar-refractivity contribution is 0.0922. The zero-order chi connectivity index (χ0) is 12.4. The number of benzene rings is 1. The van der Waals surface area contributed by atoms with Gasteiger partial charge in [0.1, 0.15) is 0 Å². The van der Waals surface area contributed by atoms with Crippen LogP contribution in [-0.2, 0) is 0 Å². The fourth-order valence-corrected chi connectivity index (χ4v) is 2.91. The van der Waals surface area contributed by atoms with Crippen LogP contribution in [0.1, 0.15) is 62.3 Å². The third kappa shape index (κ3) is 1.16. The second-order valence-electron chi connectivity index (χ2n) is 5.15. The number of hydrogen-bond acceptors (Lipinski definition) is 3. The largest absolute Gasteiger partial charge is 0.294 e. The Morgan fingerprint density at radius 1 is 0.667 bits per heavy atom. The predicted molar refractivity (Wildman–Crippen MR) is 64.8 cm³/mol. The van der Waals surface area contributed by atoms with Gasteiger partial charge < -0.3 is 0 Å². The molecule has 1 saturated carbocycles. The molecule has 1 aromatic rings. The maximum Gasteiger partial charge on any atom is 0.171 e. The number of allylic oxidation sites excluding steroid dienone is 2. The lowest BCUT2D eigenvalue weighted by Gasteiger charge is -2.03. The molecular formula is C15H10O3. The monoisotopic (exact) mass is 238 g/mol. The maximum absolute atomic E-state index is 12.0. The molecule has 0 radical (unpaired) electrons. The molecule has 18 heavy (non-hydrogen) atoms. The fourth-order valence-electron chi connectivity index (χ4n) is 2.91. The van der Waals surface area contributed by atoms with Crippen molar-refractivity contribution in [2.75, 3.05) is 0 Å². The smallest absolute Gasteiger partial charge is 0.171 e. The normalized spacial score (nSPS) is 20.6. The summed E-state index contributed by atoms with van der Waals surface area (Å²) in [6.07, 6.45) is 2.52. The predicted octanol–water partition coefficient (Wildman–Crippen LogP) is 2.59. The van der Waals surface area contributed by atoms with Crippen molar-refractivity contribution in [1.82, 2.24) is 0 Å². The summed E-state index contributed by atoms with van der Waals surface area (Å²) in [7, 11) is 0. The van der Waals surface area contributed by atoms with Crippen molar-refractivity contribution in [3.63, 3.8) is 0 Å². The second-order valence-corrected chi connectivity index (χ2v) is 5.15. The molecule has 0 saturated heterocycles. The summed E-state index contributed by atoms with van der Waals surface area (Å²) < 4.78 is 0. The van der Waals surface area contributed by atoms with Crippen molar-refractivity contribution < 1.29 is 14.4 Å². The van der Waals surface area contributed by atoms with Gasteiger partial charge >= 0.3 is 0 Å². The average Bonchev–Trinajstić information content (AvgIpc) is 3.08. The molecule has 0 bridgehead atoms. The Morgan fingerprint density at radius 3 is 1.78 bits per heavy atom. The number of fused-ring (bicyclic) bond motifs is 2. The number of carbonyl (C=O) groups excluding carboxylic acids is 3. The van der Waals surface area contributed by atoms with Crippen LogP contribution in [0.3, 0.4) is 0 Å². The van der Waals surface area contributed by atoms with Crippen LogP contribution in [-0.4, -0.2) is 17.3 Å². The quantitative estimate of drug-likeness (QED) is 0.653. The Morgan fingerprint density at radius 2 is 1.17 bits per heavy atom. The molecule has 0 N–H and O–H groups in total. The number of hydrogen-bond donors (Lipinski definition) is 0. The van der Waals surface area contributed by atoms with Gasteiger partial charge in [0, 0.05) is 23.1 Å². The highest BCUT2D eigenvalue weighted by atomic mass is 16.2. The van der Waals surface area contributed by atoms with E-state index in [-0.39, 0.29) is 23.8 Å². The average molecular weight is 238 g/mol. The molecule has 0 aromatic heterocycles. The van der Waals surface area contributed by atoms with E-state index < -0.39 is 0 Å². The lowest BCUT2D eigenvalue weighted by atomic mass is 9.99. The van der Waals surface area contributed by atoms with E-state index in [0.29, 0.717) is 23.1 Å². The minimum absolute atomic E-state index is 0.0433. The lowest BCUT2D eigenvalue weighted by Crippen LogP contribution is -1.97. The molecule has 1 aromatic carbocycles. The molecule has 0 spiro atoms. The first-order valence-electron chi connectivity index (χ1n) is 6.14. The molecule has 0 aliphatic heterocycles. The Kier molecular flexibility index (Phi) is 1.68. The van der Waals surface area contributed by atoms with Crippen LogP contribution in [0.5, 0.6) is 0 Å². The first kappa shape index (κ1) is 9.95. The number of Topliss-reactive ketones (excluding diaryl/α,β-unsaturated/α-hetero) is 3. The van der Waals surface area contributed by atoms with Gasteiger partial charge in [-0.3, -0.25) is 14.4 Å². The van der Waals surface area contributed by atoms with Crippen LogP contribution >= 0.6 is 0 Å². The van der Waals surface area contributed by atoms with Crippen molar-refractivity contribution >= 4 is 22.9 Å². The molecule has 3 aliphatic carbocycles. The van der Waals surface area contributed by atoms with Crippen molar-refractivity contribution in [1.29, 1.82) is 0 Å². The van der Waals surface area contributed by atoms with E-state index in [0.717, 1.165) is 24.0 Å². The van der Waals surface area contributed by atoms with E-state index >= 15 is 0 Å². The highest BCUT2D eigenvalue weighted by molar-refractivity contribution is 6.26. The van der Waals surface area contributed by atoms with Crippen LogP contribution in [0.25, 0.3) is 5.57 Å². The van der Waals surface area contributed by atoms with Gasteiger partial charge in [-0.05, 0) is 36.1 Å². The van der Waals surface area contributed by atoms with E-state index in [1.54, 1.807) is 12.1 Å². The zero-order valence-electron chi connectivity index (χ0n) is 9.71. The highest BCUT2D eigenvalue weighted by Crippen LogP contribution is 2.44. The number of ketones is 3. The number of rotatable bonds is 0. The van der Waals surface area contributed by atoms with Gasteiger partial charge in [-0.1, -0.05) is 5.57 Å². The highest BCUT2D eigenvalue weighted by Gasteiger charge is 2.35. The van der Waals surface area contributed by atoms with Crippen LogP contribution in [0, 0.1) is 0 Å². The second kappa shape index (κ2) is 3.05. The third-order valence-corrected chi connectivity index (χ3v) is 3.97. The summed E-state index contributed by atoms with van der Waals surface area (Å²) in [6.45, 7) is 0. The zero-order valence-corrected chi connectivity index (χ0v) is 9.71. The molecule has 0 atom stereocenters. The van der Waals surface area contributed by atoms with Crippen molar-refractivity contribution in [3.05, 3.63) is 40.0 Å². The van der Waals surface area contributed by atoms with E-state index in [9.17, 15) is 14.4 Å². The van der Waals surface area contributed by atoms with Crippen molar-refractivity contribution in [2.24, 2.45) is 0 Å². The molecule has 0 amide bonds. The van der Waals surface area contributed by atoms with Crippen molar-refractivity contribution in [3.8, 4) is 0 Å². The Labute approximate surface area is 103 Å². The van der Waals surface area contributed by atoms with Gasteiger partial charge in [-0.25, -0.2) is 0 Å². The standard InChI is InChI=1S/C15H10O3/c16-13-5-8(7-1-2-7)9-3-11-12(4-10(9)13)15(18)6-14(11)17/h3-4H,1-2,5-6H2. The van der Waals surface area contributed by atoms with Crippen molar-refractivity contribution in [2.45, 2.75) is 25.7 Å². The minimum Gasteiger partial charge on any atom is -0.294 e. The summed E-state index contributed by atoms with van der Waals surface area (Å²) in [5.74, 6) is -0.190. The summed E-state index contributed by atoms with van der Waals surface area (Å²) in [5.41, 5.74) is 4.91. The summed E-state index contributed by atoms with van der Waals surface area (Å²) in [6, 6.07) is 3.40. The van der Waals surface area contributed by atoms with Gasteiger partial charge in [0.25, 0.3) is 0 Å². The molecule has 3 nitrogen and oxygen atoms in total. The summed E-state index contributed by atoms with van der Waals surface area (Å²) in [4.78, 5) is 35.4. The van der Waals surface area contributed by atoms with Gasteiger partial charge in [-0.2, -0.15) is 0 Å². The molecule has 3 aliphatic rings. The molecule has 0 heterocycles. The molecule has 88 valence electrons. The van der Waals surface area contributed by atoms with Gasteiger partial charge in [0.2, 0.25) is 0 Å². The van der Waals surface area contributed by atoms with E-state index in [2.05, 4.69) is 0 Å². The molecule has 4 rings (SSSR count). The van der Waals surface area contributed by atoms with Gasteiger partial charge in [0.05, 0.1) is 6.42 Å². The topological polar surface area (TPSA) is 51.2 Å². The minimum atomic E-state index is -0.155. The van der Waals surface area contributed by atoms with Crippen LogP contribution in [0.2, 0.25) is 0 Å². The molecule has 0 unspecified atom stereocenters. The summed E-state index contributed by atoms with van der Waals surface area (Å²) >= 11 is 0. The Hall–Kier alpha value is -2.03. The molecule has 1 fully saturated rings. The first-order chi connectivity index (χ1) is 8.65. The van der Waals surface area contributed by atoms with Gasteiger partial charge in [-0.15, -0.1) is 0 Å². The third-order valence-electron chi connectivity index (χ3n) is 3.97. The molecule has 3 heteroatoms. The fraction of sp³-hybridized carbons (Fsp3) is 0.267. The van der Waals surface area contributed by atoms with Crippen LogP contribution in [0.4, 0.5) is 0 Å². The van der Waals surface area contributed by atoms with E-state index in [1.807, 2.05) is 0 Å². The SMILES string of the molecule is O=C1CC(=O)c2cc3c(cc21)C(=O)CC3=C1CC1. The van der Waals surface area contributed by atoms with E-state index in [1.165, 1.54) is 5.57 Å². The van der Waals surface area contributed by atoms with Gasteiger partial charge in [0.15, 0.2) is 17.3 Å². The van der Waals surface area contributed by atoms with Crippen LogP contribution < -0.4 is 0 Å². The Bertz CT molecular complexity index is 686. The van der Waals surface area contributed by atoms with Crippen LogP contribution in [0.15, 0.2) is 17.7 Å². The summed E-state index contributed by atoms with van der Waals surface area (Å²) in [5, 5.41) is 0. The number of carbonyl (C=O) groups is 3. The van der Waals surface area contributed by atoms with E-state index in [4.69, 9.17) is 0 Å². The molecular weight excluding hydrogens is 228 g/mol. The Balaban J connectivity index is 2.02. The first-order valence-corrected chi connectivity index (χ1v) is 6.14. The maximum atomic E-state index is 12.0.